The third-order valence-corrected chi connectivity index (χ3v) is 1.68. The van der Waals surface area contributed by atoms with Crippen molar-refractivity contribution in [3.05, 3.63) is 63.2 Å². The molecule has 0 radical (unpaired) electrons. The smallest absolute Gasteiger partial charge is 0.346 e. The van der Waals surface area contributed by atoms with Crippen molar-refractivity contribution < 1.29 is 9.85 Å². The van der Waals surface area contributed by atoms with Crippen molar-refractivity contribution >= 4 is 11.4 Å². The van der Waals surface area contributed by atoms with Crippen molar-refractivity contribution in [2.75, 3.05) is 0 Å². The van der Waals surface area contributed by atoms with E-state index in [9.17, 15) is 20.2 Å². The second-order valence-electron chi connectivity index (χ2n) is 2.76. The Morgan fingerprint density at radius 1 is 1.06 bits per heavy atom. The number of aromatic nitrogens is 2. The molecule has 0 saturated carbocycles. The van der Waals surface area contributed by atoms with Crippen LogP contribution in [0.4, 0.5) is 11.4 Å². The Balaban J connectivity index is 0.000000239. The molecule has 0 atom stereocenters. The van der Waals surface area contributed by atoms with Crippen molar-refractivity contribution in [1.29, 1.82) is 0 Å². The van der Waals surface area contributed by atoms with Gasteiger partial charge in [0, 0.05) is 24.5 Å². The minimum atomic E-state index is -0.780. The summed E-state index contributed by atoms with van der Waals surface area (Å²) < 4.78 is 0. The van der Waals surface area contributed by atoms with Gasteiger partial charge in [-0.2, -0.15) is 0 Å². The molecule has 8 heteroatoms. The van der Waals surface area contributed by atoms with E-state index in [1.165, 1.54) is 12.1 Å². The highest BCUT2D eigenvalue weighted by Crippen LogP contribution is 2.24. The highest BCUT2D eigenvalue weighted by atomic mass is 16.6. The zero-order valence-electron chi connectivity index (χ0n) is 8.52. The first-order chi connectivity index (χ1) is 8.13. The van der Waals surface area contributed by atoms with Gasteiger partial charge < -0.3 is 4.98 Å². The molecule has 0 fully saturated rings. The molecule has 0 saturated heterocycles. The molecule has 0 aliphatic carbocycles. The fourth-order valence-electron chi connectivity index (χ4n) is 0.988. The molecular weight excluding hydrogens is 228 g/mol. The van der Waals surface area contributed by atoms with Crippen LogP contribution in [0, 0.1) is 20.2 Å². The van der Waals surface area contributed by atoms with Gasteiger partial charge in [0.15, 0.2) is 0 Å². The van der Waals surface area contributed by atoms with E-state index in [1.807, 2.05) is 0 Å². The van der Waals surface area contributed by atoms with E-state index < -0.39 is 21.2 Å². The van der Waals surface area contributed by atoms with Gasteiger partial charge in [-0.15, -0.1) is 0 Å². The minimum absolute atomic E-state index is 0.484. The quantitative estimate of drug-likeness (QED) is 0.631. The van der Waals surface area contributed by atoms with E-state index in [0.29, 0.717) is 0 Å². The van der Waals surface area contributed by atoms with Crippen LogP contribution in [-0.4, -0.2) is 19.8 Å². The van der Waals surface area contributed by atoms with Gasteiger partial charge in [0.2, 0.25) is 0 Å². The molecule has 0 amide bonds. The van der Waals surface area contributed by atoms with Crippen molar-refractivity contribution in [2.45, 2.75) is 0 Å². The van der Waals surface area contributed by atoms with E-state index in [2.05, 4.69) is 9.97 Å². The summed E-state index contributed by atoms with van der Waals surface area (Å²) in [4.78, 5) is 25.3. The second-order valence-corrected chi connectivity index (χ2v) is 2.76. The number of imidazole rings is 1. The predicted molar refractivity (Wildman–Crippen MR) is 58.3 cm³/mol. The van der Waals surface area contributed by atoms with E-state index in [0.717, 1.165) is 12.1 Å². The summed E-state index contributed by atoms with van der Waals surface area (Å²) in [5, 5.41) is 20.5. The number of nitrogens with zero attached hydrogens (tertiary/aromatic N) is 3. The van der Waals surface area contributed by atoms with Gasteiger partial charge in [-0.1, -0.05) is 12.1 Å². The molecule has 0 unspecified atom stereocenters. The average molecular weight is 236 g/mol. The summed E-state index contributed by atoms with van der Waals surface area (Å²) >= 11 is 0. The first-order valence-corrected chi connectivity index (χ1v) is 4.43. The fraction of sp³-hybridized carbons (Fsp3) is 0. The van der Waals surface area contributed by atoms with Crippen molar-refractivity contribution in [1.82, 2.24) is 9.97 Å². The van der Waals surface area contributed by atoms with Gasteiger partial charge in [-0.3, -0.25) is 20.2 Å². The highest BCUT2D eigenvalue weighted by molar-refractivity contribution is 5.51. The minimum Gasteiger partial charge on any atom is -0.351 e. The van der Waals surface area contributed by atoms with Crippen molar-refractivity contribution in [2.24, 2.45) is 0 Å². The third-order valence-electron chi connectivity index (χ3n) is 1.68. The molecule has 1 aromatic heterocycles. The lowest BCUT2D eigenvalue weighted by atomic mass is 10.3. The average Bonchev–Trinajstić information content (AvgIpc) is 2.87. The maximum atomic E-state index is 10.2. The molecule has 8 nitrogen and oxygen atoms in total. The van der Waals surface area contributed by atoms with Gasteiger partial charge in [-0.25, -0.2) is 4.98 Å². The second kappa shape index (κ2) is 5.95. The predicted octanol–water partition coefficient (Wildman–Crippen LogP) is 1.91. The molecular formula is C9H8N4O4. The van der Waals surface area contributed by atoms with E-state index in [-0.39, 0.29) is 0 Å². The maximum Gasteiger partial charge on any atom is 0.346 e. The van der Waals surface area contributed by atoms with Crippen LogP contribution in [0.5, 0.6) is 0 Å². The lowest BCUT2D eigenvalue weighted by molar-refractivity contribution is -0.422. The fourth-order valence-corrected chi connectivity index (χ4v) is 0.988. The lowest BCUT2D eigenvalue weighted by Gasteiger charge is -1.91. The number of aromatic amines is 1. The molecule has 1 heterocycles. The summed E-state index contributed by atoms with van der Waals surface area (Å²) in [5.74, 6) is 0. The Hall–Kier alpha value is -2.77. The molecule has 0 aliphatic rings. The number of nitro groups is 2. The zero-order chi connectivity index (χ0) is 12.7. The Labute approximate surface area is 95.2 Å². The Kier molecular flexibility index (Phi) is 4.31. The van der Waals surface area contributed by atoms with Gasteiger partial charge in [0.05, 0.1) is 16.2 Å². The molecule has 88 valence electrons. The first-order valence-electron chi connectivity index (χ1n) is 4.43. The van der Waals surface area contributed by atoms with Crippen LogP contribution in [-0.2, 0) is 0 Å². The van der Waals surface area contributed by atoms with Crippen LogP contribution in [0.25, 0.3) is 0 Å². The van der Waals surface area contributed by atoms with Crippen molar-refractivity contribution in [3.63, 3.8) is 0 Å². The Morgan fingerprint density at radius 3 is 1.82 bits per heavy atom. The van der Waals surface area contributed by atoms with Crippen LogP contribution < -0.4 is 0 Å². The van der Waals surface area contributed by atoms with Crippen LogP contribution >= 0.6 is 0 Å². The number of nitrogens with one attached hydrogen (secondary N) is 1. The SMILES string of the molecule is O=[N+]([O-])c1ccccc1[N+](=O)[O-].c1c[nH]cn1. The molecule has 2 rings (SSSR count). The lowest BCUT2D eigenvalue weighted by Crippen LogP contribution is -1.95. The van der Waals surface area contributed by atoms with E-state index in [1.54, 1.807) is 18.7 Å². The summed E-state index contributed by atoms with van der Waals surface area (Å²) in [5.41, 5.74) is -0.968. The number of hydrogen-bond donors (Lipinski definition) is 1. The number of nitro benzene ring substituents is 2. The van der Waals surface area contributed by atoms with Crippen LogP contribution in [0.2, 0.25) is 0 Å². The van der Waals surface area contributed by atoms with Crippen LogP contribution in [0.15, 0.2) is 43.0 Å². The first kappa shape index (κ1) is 12.3. The largest absolute Gasteiger partial charge is 0.351 e. The van der Waals surface area contributed by atoms with Crippen LogP contribution in [0.3, 0.4) is 0 Å². The number of para-hydroxylation sites is 2. The van der Waals surface area contributed by atoms with E-state index in [4.69, 9.17) is 0 Å². The summed E-state index contributed by atoms with van der Waals surface area (Å²) in [6, 6.07) is 4.95. The highest BCUT2D eigenvalue weighted by Gasteiger charge is 2.21. The number of hydrogen-bond acceptors (Lipinski definition) is 5. The molecule has 0 bridgehead atoms. The molecule has 0 aliphatic heterocycles. The normalized spacial score (nSPS) is 8.94. The van der Waals surface area contributed by atoms with Crippen molar-refractivity contribution in [3.8, 4) is 0 Å². The standard InChI is InChI=1S/C6H4N2O4.C3H4N2/c9-7(10)5-3-1-2-4-6(5)8(11)12;1-2-5-3-4-1/h1-4H;1-3H,(H,4,5). The van der Waals surface area contributed by atoms with E-state index >= 15 is 0 Å². The molecule has 1 aromatic carbocycles. The van der Waals surface area contributed by atoms with Gasteiger partial charge in [0.25, 0.3) is 0 Å². The Morgan fingerprint density at radius 2 is 1.59 bits per heavy atom. The van der Waals surface area contributed by atoms with Gasteiger partial charge in [-0.05, 0) is 0 Å². The molecule has 2 aromatic rings. The van der Waals surface area contributed by atoms with Gasteiger partial charge >= 0.3 is 11.4 Å². The monoisotopic (exact) mass is 236 g/mol. The molecule has 1 N–H and O–H groups in total. The third kappa shape index (κ3) is 3.70. The number of H-pyrrole nitrogens is 1. The zero-order valence-corrected chi connectivity index (χ0v) is 8.52. The number of benzene rings is 1. The topological polar surface area (TPSA) is 115 Å². The number of rotatable bonds is 2. The van der Waals surface area contributed by atoms with Gasteiger partial charge in [0.1, 0.15) is 0 Å². The molecule has 0 spiro atoms. The molecule has 17 heavy (non-hydrogen) atoms. The maximum absolute atomic E-state index is 10.2. The summed E-state index contributed by atoms with van der Waals surface area (Å²) in [7, 11) is 0. The Bertz CT molecular complexity index is 447. The van der Waals surface area contributed by atoms with Crippen LogP contribution in [0.1, 0.15) is 0 Å². The summed E-state index contributed by atoms with van der Waals surface area (Å²) in [6.07, 6.45) is 5.08. The summed E-state index contributed by atoms with van der Waals surface area (Å²) in [6.45, 7) is 0.